The maximum atomic E-state index is 12.4. The van der Waals surface area contributed by atoms with Crippen molar-refractivity contribution in [3.8, 4) is 23.0 Å². The fourth-order valence-corrected chi connectivity index (χ4v) is 4.49. The van der Waals surface area contributed by atoms with Gasteiger partial charge in [-0.15, -0.1) is 0 Å². The number of carbonyl (C=O) groups is 3. The molecule has 3 aromatic carbocycles. The third kappa shape index (κ3) is 7.54. The van der Waals surface area contributed by atoms with Crippen molar-refractivity contribution in [2.45, 2.75) is 13.5 Å². The van der Waals surface area contributed by atoms with Gasteiger partial charge < -0.3 is 29.6 Å². The SMILES string of the molecule is COc1cc(/C=N\NC(=O)C(=O)NCc2ccc3c(c2)OCO3)cc(I)c1OCC(=O)Nc1cc(Cl)ccc1C. The number of rotatable bonds is 9. The molecule has 1 aliphatic rings. The molecule has 0 aliphatic carbocycles. The van der Waals surface area contributed by atoms with Gasteiger partial charge in [0, 0.05) is 17.3 Å². The lowest BCUT2D eigenvalue weighted by Crippen LogP contribution is -2.37. The van der Waals surface area contributed by atoms with Gasteiger partial charge in [-0.3, -0.25) is 14.4 Å². The van der Waals surface area contributed by atoms with Gasteiger partial charge >= 0.3 is 11.8 Å². The Hall–Kier alpha value is -4.04. The minimum atomic E-state index is -0.931. The number of hydrazone groups is 1. The molecule has 1 heterocycles. The summed E-state index contributed by atoms with van der Waals surface area (Å²) >= 11 is 8.04. The van der Waals surface area contributed by atoms with Gasteiger partial charge in [0.2, 0.25) is 6.79 Å². The molecule has 0 bridgehead atoms. The molecule has 3 aromatic rings. The Kier molecular flexibility index (Phi) is 9.66. The van der Waals surface area contributed by atoms with Gasteiger partial charge in [-0.05, 0) is 82.6 Å². The van der Waals surface area contributed by atoms with Crippen LogP contribution in [0.5, 0.6) is 23.0 Å². The van der Waals surface area contributed by atoms with E-state index in [9.17, 15) is 14.4 Å². The van der Waals surface area contributed by atoms with Crippen LogP contribution in [0.1, 0.15) is 16.7 Å². The Morgan fingerprint density at radius 2 is 1.88 bits per heavy atom. The van der Waals surface area contributed by atoms with Gasteiger partial charge in [-0.2, -0.15) is 5.10 Å². The number of nitrogens with one attached hydrogen (secondary N) is 3. The van der Waals surface area contributed by atoms with E-state index in [0.29, 0.717) is 42.8 Å². The molecule has 0 spiro atoms. The number of amides is 3. The van der Waals surface area contributed by atoms with Crippen LogP contribution >= 0.6 is 34.2 Å². The molecule has 40 heavy (non-hydrogen) atoms. The normalized spacial score (nSPS) is 11.7. The van der Waals surface area contributed by atoms with Crippen LogP contribution < -0.4 is 35.0 Å². The first-order chi connectivity index (χ1) is 19.2. The van der Waals surface area contributed by atoms with Crippen molar-refractivity contribution in [1.82, 2.24) is 10.7 Å². The summed E-state index contributed by atoms with van der Waals surface area (Å²) in [5, 5.41) is 9.65. The van der Waals surface area contributed by atoms with Crippen LogP contribution in [-0.4, -0.2) is 44.4 Å². The molecule has 0 fully saturated rings. The van der Waals surface area contributed by atoms with E-state index in [1.165, 1.54) is 13.3 Å². The maximum Gasteiger partial charge on any atom is 0.329 e. The fourth-order valence-electron chi connectivity index (χ4n) is 3.54. The highest BCUT2D eigenvalue weighted by Gasteiger charge is 2.17. The van der Waals surface area contributed by atoms with Crippen LogP contribution in [0, 0.1) is 10.5 Å². The average molecular weight is 679 g/mol. The second kappa shape index (κ2) is 13.3. The van der Waals surface area contributed by atoms with Gasteiger partial charge in [0.25, 0.3) is 5.91 Å². The zero-order chi connectivity index (χ0) is 28.6. The number of benzene rings is 3. The number of methoxy groups -OCH3 is 1. The summed E-state index contributed by atoms with van der Waals surface area (Å²) in [5.41, 5.74) is 4.96. The van der Waals surface area contributed by atoms with Crippen molar-refractivity contribution in [2.75, 3.05) is 25.8 Å². The lowest BCUT2D eigenvalue weighted by molar-refractivity contribution is -0.139. The standard InChI is InChI=1S/C27H24ClIN4O7/c1-15-3-5-18(28)10-20(15)32-24(34)13-38-25-19(29)7-17(9-23(25)37-2)12-31-33-27(36)26(35)30-11-16-4-6-21-22(8-16)40-14-39-21/h3-10,12H,11,13-14H2,1-2H3,(H,30,35)(H,32,34)(H,33,36)/b31-12-. The zero-order valence-electron chi connectivity index (χ0n) is 21.4. The lowest BCUT2D eigenvalue weighted by atomic mass is 10.2. The molecule has 3 amide bonds. The first-order valence-electron chi connectivity index (χ1n) is 11.8. The molecule has 0 aromatic heterocycles. The van der Waals surface area contributed by atoms with E-state index in [4.69, 9.17) is 30.5 Å². The molecular formula is C27H24ClIN4O7. The zero-order valence-corrected chi connectivity index (χ0v) is 24.3. The van der Waals surface area contributed by atoms with Crippen molar-refractivity contribution in [3.63, 3.8) is 0 Å². The fraction of sp³-hybridized carbons (Fsp3) is 0.185. The molecular weight excluding hydrogens is 655 g/mol. The van der Waals surface area contributed by atoms with E-state index < -0.39 is 11.8 Å². The van der Waals surface area contributed by atoms with Crippen LogP contribution in [0.2, 0.25) is 5.02 Å². The number of hydrogen-bond donors (Lipinski definition) is 3. The lowest BCUT2D eigenvalue weighted by Gasteiger charge is -2.14. The summed E-state index contributed by atoms with van der Waals surface area (Å²) in [6.45, 7) is 1.87. The van der Waals surface area contributed by atoms with E-state index in [0.717, 1.165) is 11.1 Å². The summed E-state index contributed by atoms with van der Waals surface area (Å²) in [7, 11) is 1.46. The molecule has 4 rings (SSSR count). The summed E-state index contributed by atoms with van der Waals surface area (Å²) in [5.74, 6) is -0.219. The highest BCUT2D eigenvalue weighted by Crippen LogP contribution is 2.34. The van der Waals surface area contributed by atoms with Crippen LogP contribution in [-0.2, 0) is 20.9 Å². The predicted molar refractivity (Wildman–Crippen MR) is 156 cm³/mol. The van der Waals surface area contributed by atoms with E-state index in [2.05, 4.69) is 21.2 Å². The van der Waals surface area contributed by atoms with Crippen molar-refractivity contribution in [1.29, 1.82) is 0 Å². The molecule has 3 N–H and O–H groups in total. The Morgan fingerprint density at radius 1 is 1.07 bits per heavy atom. The molecule has 208 valence electrons. The highest BCUT2D eigenvalue weighted by atomic mass is 127. The largest absolute Gasteiger partial charge is 0.493 e. The number of anilines is 1. The van der Waals surface area contributed by atoms with Gasteiger partial charge in [-0.25, -0.2) is 5.43 Å². The average Bonchev–Trinajstić information content (AvgIpc) is 3.40. The number of halogens is 2. The van der Waals surface area contributed by atoms with Crippen molar-refractivity contribution < 1.29 is 33.3 Å². The van der Waals surface area contributed by atoms with Gasteiger partial charge in [0.15, 0.2) is 29.6 Å². The van der Waals surface area contributed by atoms with Gasteiger partial charge in [-0.1, -0.05) is 23.7 Å². The molecule has 11 nitrogen and oxygen atoms in total. The number of hydrogen-bond acceptors (Lipinski definition) is 8. The Labute approximate surface area is 248 Å². The van der Waals surface area contributed by atoms with Crippen molar-refractivity contribution >= 4 is 63.8 Å². The molecule has 0 unspecified atom stereocenters. The molecule has 0 saturated heterocycles. The van der Waals surface area contributed by atoms with E-state index >= 15 is 0 Å². The molecule has 0 saturated carbocycles. The monoisotopic (exact) mass is 678 g/mol. The van der Waals surface area contributed by atoms with Gasteiger partial charge in [0.05, 0.1) is 16.9 Å². The molecule has 0 radical (unpaired) electrons. The summed E-state index contributed by atoms with van der Waals surface area (Å²) in [4.78, 5) is 36.7. The van der Waals surface area contributed by atoms with E-state index in [-0.39, 0.29) is 25.9 Å². The first kappa shape index (κ1) is 29.0. The maximum absolute atomic E-state index is 12.4. The number of ether oxygens (including phenoxy) is 4. The summed E-state index contributed by atoms with van der Waals surface area (Å²) in [6, 6.07) is 13.8. The van der Waals surface area contributed by atoms with E-state index in [1.807, 2.05) is 29.5 Å². The second-order valence-corrected chi connectivity index (χ2v) is 10.00. The minimum absolute atomic E-state index is 0.125. The Balaban J connectivity index is 1.29. The van der Waals surface area contributed by atoms with Crippen molar-refractivity contribution in [2.24, 2.45) is 5.10 Å². The summed E-state index contributed by atoms with van der Waals surface area (Å²) in [6.07, 6.45) is 1.35. The predicted octanol–water partition coefficient (Wildman–Crippen LogP) is 3.77. The number of carbonyl (C=O) groups excluding carboxylic acids is 3. The number of aryl methyl sites for hydroxylation is 1. The Morgan fingerprint density at radius 3 is 2.67 bits per heavy atom. The van der Waals surface area contributed by atoms with Crippen LogP contribution in [0.3, 0.4) is 0 Å². The molecule has 1 aliphatic heterocycles. The van der Waals surface area contributed by atoms with Crippen molar-refractivity contribution in [3.05, 3.63) is 73.8 Å². The Bertz CT molecular complexity index is 1480. The van der Waals surface area contributed by atoms with E-state index in [1.54, 1.807) is 48.5 Å². The third-order valence-corrected chi connectivity index (χ3v) is 6.59. The van der Waals surface area contributed by atoms with Crippen LogP contribution in [0.4, 0.5) is 5.69 Å². The number of fused-ring (bicyclic) bond motifs is 1. The highest BCUT2D eigenvalue weighted by molar-refractivity contribution is 14.1. The molecule has 0 atom stereocenters. The van der Waals surface area contributed by atoms with Crippen LogP contribution in [0.15, 0.2) is 53.6 Å². The quantitative estimate of drug-likeness (QED) is 0.136. The number of nitrogens with zero attached hydrogens (tertiary/aromatic N) is 1. The van der Waals surface area contributed by atoms with Gasteiger partial charge in [0.1, 0.15) is 0 Å². The summed E-state index contributed by atoms with van der Waals surface area (Å²) < 4.78 is 22.3. The first-order valence-corrected chi connectivity index (χ1v) is 13.2. The minimum Gasteiger partial charge on any atom is -0.493 e. The van der Waals surface area contributed by atoms with Crippen LogP contribution in [0.25, 0.3) is 0 Å². The third-order valence-electron chi connectivity index (χ3n) is 5.55. The molecule has 13 heteroatoms. The topological polar surface area (TPSA) is 137 Å². The second-order valence-electron chi connectivity index (χ2n) is 8.40. The smallest absolute Gasteiger partial charge is 0.329 e.